The molecule has 0 saturated carbocycles. The smallest absolute Gasteiger partial charge is 0.322 e. The molecule has 0 aliphatic rings. The van der Waals surface area contributed by atoms with Crippen LogP contribution in [0.5, 0.6) is 11.8 Å². The monoisotopic (exact) mass is 353 g/mol. The molecule has 6 heteroatoms. The first-order valence-corrected chi connectivity index (χ1v) is 8.04. The zero-order valence-electron chi connectivity index (χ0n) is 13.8. The van der Waals surface area contributed by atoms with Gasteiger partial charge in [-0.25, -0.2) is 9.97 Å². The second kappa shape index (κ2) is 7.32. The molecule has 3 aromatic rings. The first-order valence-electron chi connectivity index (χ1n) is 7.67. The van der Waals surface area contributed by atoms with Crippen molar-refractivity contribution in [1.82, 2.24) is 9.97 Å². The number of anilines is 1. The molecule has 0 spiro atoms. The Kier molecular flexibility index (Phi) is 4.95. The topological polar surface area (TPSA) is 64.1 Å². The van der Waals surface area contributed by atoms with Gasteiger partial charge in [0.1, 0.15) is 5.75 Å². The van der Waals surface area contributed by atoms with Crippen molar-refractivity contribution in [3.05, 3.63) is 76.6 Å². The lowest BCUT2D eigenvalue weighted by Gasteiger charge is -2.09. The molecule has 0 radical (unpaired) electrons. The molecule has 0 saturated heterocycles. The first kappa shape index (κ1) is 16.9. The molecule has 126 valence electrons. The van der Waals surface area contributed by atoms with Gasteiger partial charge in [0.05, 0.1) is 0 Å². The van der Waals surface area contributed by atoms with E-state index in [1.807, 2.05) is 19.9 Å². The predicted molar refractivity (Wildman–Crippen MR) is 97.4 cm³/mol. The van der Waals surface area contributed by atoms with E-state index >= 15 is 0 Å². The Hall–Kier alpha value is -2.92. The number of rotatable bonds is 4. The molecule has 1 heterocycles. The zero-order chi connectivity index (χ0) is 17.8. The van der Waals surface area contributed by atoms with Crippen molar-refractivity contribution in [1.29, 1.82) is 0 Å². The van der Waals surface area contributed by atoms with Gasteiger partial charge in [0, 0.05) is 33.7 Å². The van der Waals surface area contributed by atoms with Gasteiger partial charge >= 0.3 is 6.01 Å². The van der Waals surface area contributed by atoms with Crippen LogP contribution in [0.4, 0.5) is 5.69 Å². The molecule has 25 heavy (non-hydrogen) atoms. The number of hydrogen-bond donors (Lipinski definition) is 1. The summed E-state index contributed by atoms with van der Waals surface area (Å²) in [6, 6.07) is 15.9. The second-order valence-corrected chi connectivity index (χ2v) is 5.96. The molecule has 3 rings (SSSR count). The number of aromatic nitrogens is 2. The molecule has 0 unspecified atom stereocenters. The van der Waals surface area contributed by atoms with Crippen molar-refractivity contribution < 1.29 is 9.53 Å². The van der Waals surface area contributed by atoms with Gasteiger partial charge in [-0.15, -0.1) is 0 Å². The molecule has 1 amide bonds. The van der Waals surface area contributed by atoms with E-state index in [1.54, 1.807) is 48.5 Å². The summed E-state index contributed by atoms with van der Waals surface area (Å²) in [6.07, 6.45) is 0. The number of benzene rings is 2. The molecule has 0 atom stereocenters. The third kappa shape index (κ3) is 4.55. The Labute approximate surface area is 150 Å². The summed E-state index contributed by atoms with van der Waals surface area (Å²) in [4.78, 5) is 20.7. The van der Waals surface area contributed by atoms with Crippen LogP contribution in [0.3, 0.4) is 0 Å². The summed E-state index contributed by atoms with van der Waals surface area (Å²) in [5.41, 5.74) is 2.79. The van der Waals surface area contributed by atoms with Crippen LogP contribution in [0.1, 0.15) is 21.7 Å². The highest BCUT2D eigenvalue weighted by Crippen LogP contribution is 2.22. The van der Waals surface area contributed by atoms with Crippen LogP contribution in [0.25, 0.3) is 0 Å². The van der Waals surface area contributed by atoms with Gasteiger partial charge in [0.15, 0.2) is 0 Å². The van der Waals surface area contributed by atoms with Gasteiger partial charge in [-0.1, -0.05) is 17.7 Å². The van der Waals surface area contributed by atoms with E-state index in [9.17, 15) is 4.79 Å². The number of amides is 1. The molecule has 0 bridgehead atoms. The Morgan fingerprint density at radius 3 is 2.36 bits per heavy atom. The molecule has 1 N–H and O–H groups in total. The number of hydrogen-bond acceptors (Lipinski definition) is 4. The van der Waals surface area contributed by atoms with Crippen LogP contribution in [-0.4, -0.2) is 15.9 Å². The van der Waals surface area contributed by atoms with Gasteiger partial charge in [0.25, 0.3) is 5.91 Å². The van der Waals surface area contributed by atoms with E-state index in [-0.39, 0.29) is 11.9 Å². The van der Waals surface area contributed by atoms with E-state index in [0.717, 1.165) is 11.4 Å². The molecular formula is C19H16ClN3O2. The van der Waals surface area contributed by atoms with Crippen molar-refractivity contribution in [3.8, 4) is 11.8 Å². The normalized spacial score (nSPS) is 10.4. The number of halogens is 1. The lowest BCUT2D eigenvalue weighted by Crippen LogP contribution is -2.11. The number of carbonyl (C=O) groups is 1. The quantitative estimate of drug-likeness (QED) is 0.732. The highest BCUT2D eigenvalue weighted by molar-refractivity contribution is 6.30. The van der Waals surface area contributed by atoms with Crippen molar-refractivity contribution in [2.75, 3.05) is 5.32 Å². The minimum absolute atomic E-state index is 0.225. The van der Waals surface area contributed by atoms with Crippen LogP contribution in [0.2, 0.25) is 5.02 Å². The van der Waals surface area contributed by atoms with Gasteiger partial charge < -0.3 is 10.1 Å². The number of aryl methyl sites for hydroxylation is 2. The highest BCUT2D eigenvalue weighted by atomic mass is 35.5. The summed E-state index contributed by atoms with van der Waals surface area (Å²) in [7, 11) is 0. The van der Waals surface area contributed by atoms with Crippen LogP contribution in [-0.2, 0) is 0 Å². The Balaban J connectivity index is 1.74. The van der Waals surface area contributed by atoms with Crippen molar-refractivity contribution in [3.63, 3.8) is 0 Å². The number of carbonyl (C=O) groups excluding carboxylic acids is 1. The fourth-order valence-electron chi connectivity index (χ4n) is 2.29. The fraction of sp³-hybridized carbons (Fsp3) is 0.105. The van der Waals surface area contributed by atoms with E-state index in [0.29, 0.717) is 22.0 Å². The minimum Gasteiger partial charge on any atom is -0.424 e. The van der Waals surface area contributed by atoms with Gasteiger partial charge in [-0.3, -0.25) is 4.79 Å². The molecule has 0 aliphatic carbocycles. The molecule has 0 aliphatic heterocycles. The third-order valence-corrected chi connectivity index (χ3v) is 3.62. The molecule has 1 aromatic heterocycles. The number of ether oxygens (including phenoxy) is 1. The zero-order valence-corrected chi connectivity index (χ0v) is 14.5. The van der Waals surface area contributed by atoms with Gasteiger partial charge in [-0.2, -0.15) is 0 Å². The third-order valence-electron chi connectivity index (χ3n) is 3.37. The summed E-state index contributed by atoms with van der Waals surface area (Å²) in [5.74, 6) is 0.315. The summed E-state index contributed by atoms with van der Waals surface area (Å²) in [6.45, 7) is 3.76. The Bertz CT molecular complexity index is 891. The molecule has 2 aromatic carbocycles. The van der Waals surface area contributed by atoms with Crippen LogP contribution in [0.15, 0.2) is 54.6 Å². The van der Waals surface area contributed by atoms with Crippen LogP contribution >= 0.6 is 11.6 Å². The molecule has 0 fully saturated rings. The largest absolute Gasteiger partial charge is 0.424 e. The Morgan fingerprint density at radius 2 is 1.68 bits per heavy atom. The van der Waals surface area contributed by atoms with Crippen molar-refractivity contribution >= 4 is 23.2 Å². The second-order valence-electron chi connectivity index (χ2n) is 5.52. The standard InChI is InChI=1S/C19H16ClN3O2/c1-12-10-13(2)22-19(21-12)25-17-5-3-4-16(11-17)23-18(24)14-6-8-15(20)9-7-14/h3-11H,1-2H3,(H,23,24). The van der Waals surface area contributed by atoms with Crippen molar-refractivity contribution in [2.45, 2.75) is 13.8 Å². The maximum Gasteiger partial charge on any atom is 0.322 e. The molecular weight excluding hydrogens is 338 g/mol. The molecule has 5 nitrogen and oxygen atoms in total. The highest BCUT2D eigenvalue weighted by Gasteiger charge is 2.08. The summed E-state index contributed by atoms with van der Waals surface area (Å²) < 4.78 is 5.69. The summed E-state index contributed by atoms with van der Waals surface area (Å²) in [5, 5.41) is 3.41. The minimum atomic E-state index is -0.225. The average Bonchev–Trinajstić information content (AvgIpc) is 2.54. The van der Waals surface area contributed by atoms with E-state index in [2.05, 4.69) is 15.3 Å². The maximum atomic E-state index is 12.3. The Morgan fingerprint density at radius 1 is 1.00 bits per heavy atom. The maximum absolute atomic E-state index is 12.3. The number of nitrogens with zero attached hydrogens (tertiary/aromatic N) is 2. The van der Waals surface area contributed by atoms with Gasteiger partial charge in [-0.05, 0) is 56.3 Å². The first-order chi connectivity index (χ1) is 12.0. The summed E-state index contributed by atoms with van der Waals surface area (Å²) >= 11 is 5.84. The van der Waals surface area contributed by atoms with E-state index in [4.69, 9.17) is 16.3 Å². The van der Waals surface area contributed by atoms with E-state index < -0.39 is 0 Å². The SMILES string of the molecule is Cc1cc(C)nc(Oc2cccc(NC(=O)c3ccc(Cl)cc3)c2)n1. The fourth-order valence-corrected chi connectivity index (χ4v) is 2.41. The van der Waals surface area contributed by atoms with Crippen molar-refractivity contribution in [2.24, 2.45) is 0 Å². The average molecular weight is 354 g/mol. The number of nitrogens with one attached hydrogen (secondary N) is 1. The lowest BCUT2D eigenvalue weighted by atomic mass is 10.2. The van der Waals surface area contributed by atoms with Crippen LogP contribution < -0.4 is 10.1 Å². The lowest BCUT2D eigenvalue weighted by molar-refractivity contribution is 0.102. The van der Waals surface area contributed by atoms with Gasteiger partial charge in [0.2, 0.25) is 0 Å². The van der Waals surface area contributed by atoms with Crippen LogP contribution in [0, 0.1) is 13.8 Å². The predicted octanol–water partition coefficient (Wildman–Crippen LogP) is 4.79. The van der Waals surface area contributed by atoms with E-state index in [1.165, 1.54) is 0 Å².